The van der Waals surface area contributed by atoms with Gasteiger partial charge < -0.3 is 10.6 Å². The van der Waals surface area contributed by atoms with Gasteiger partial charge in [-0.2, -0.15) is 0 Å². The molecule has 0 aliphatic heterocycles. The van der Waals surface area contributed by atoms with Gasteiger partial charge in [0.1, 0.15) is 5.52 Å². The number of nitrogens with one attached hydrogen (secondary N) is 2. The zero-order valence-corrected chi connectivity index (χ0v) is 20.1. The summed E-state index contributed by atoms with van der Waals surface area (Å²) in [7, 11) is 0. The highest BCUT2D eigenvalue weighted by Gasteiger charge is 2.15. The number of benzene rings is 2. The molecule has 5 rings (SSSR count). The Morgan fingerprint density at radius 1 is 0.886 bits per heavy atom. The first-order chi connectivity index (χ1) is 17.2. The number of fused-ring (bicyclic) bond motifs is 1. The largest absolute Gasteiger partial charge is 0.363 e. The molecule has 176 valence electrons. The van der Waals surface area contributed by atoms with Crippen molar-refractivity contribution in [3.05, 3.63) is 97.0 Å². The highest BCUT2D eigenvalue weighted by atomic mass is 16.1. The number of amides is 1. The predicted octanol–water partition coefficient (Wildman–Crippen LogP) is 6.06. The zero-order valence-electron chi connectivity index (χ0n) is 20.1. The summed E-state index contributed by atoms with van der Waals surface area (Å²) in [4.78, 5) is 20.6. The first-order valence-corrected chi connectivity index (χ1v) is 11.6. The molecule has 2 N–H and O–H groups in total. The Labute approximate surface area is 204 Å². The van der Waals surface area contributed by atoms with Crippen molar-refractivity contribution in [3.63, 3.8) is 0 Å². The van der Waals surface area contributed by atoms with Crippen LogP contribution in [0.15, 0.2) is 91.3 Å². The number of aromatic nitrogens is 4. The molecule has 7 nitrogen and oxygen atoms in total. The van der Waals surface area contributed by atoms with Gasteiger partial charge in [0.25, 0.3) is 0 Å². The highest BCUT2D eigenvalue weighted by molar-refractivity contribution is 5.90. The van der Waals surface area contributed by atoms with Crippen molar-refractivity contribution in [2.24, 2.45) is 0 Å². The summed E-state index contributed by atoms with van der Waals surface area (Å²) >= 11 is 0. The van der Waals surface area contributed by atoms with E-state index in [0.717, 1.165) is 39.4 Å². The molecular weight excluding hydrogens is 436 g/mol. The van der Waals surface area contributed by atoms with Crippen molar-refractivity contribution in [1.82, 2.24) is 19.6 Å². The molecule has 0 unspecified atom stereocenters. The smallest absolute Gasteiger partial charge is 0.221 e. The number of hydrogen-bond donors (Lipinski definition) is 2. The number of hydrogen-bond acceptors (Lipinski definition) is 5. The van der Waals surface area contributed by atoms with E-state index in [2.05, 4.69) is 33.8 Å². The monoisotopic (exact) mass is 464 g/mol. The lowest BCUT2D eigenvalue weighted by Crippen LogP contribution is -2.08. The van der Waals surface area contributed by atoms with Crippen LogP contribution < -0.4 is 10.6 Å². The van der Waals surface area contributed by atoms with E-state index in [1.54, 1.807) is 6.20 Å². The lowest BCUT2D eigenvalue weighted by molar-refractivity contribution is -0.114. The van der Waals surface area contributed by atoms with Crippen LogP contribution in [0, 0.1) is 0 Å². The van der Waals surface area contributed by atoms with Gasteiger partial charge in [-0.05, 0) is 48.0 Å². The molecule has 0 atom stereocenters. The lowest BCUT2D eigenvalue weighted by Gasteiger charge is -2.12. The Hall–Kier alpha value is -4.52. The second kappa shape index (κ2) is 11.1. The van der Waals surface area contributed by atoms with Crippen LogP contribution in [0.5, 0.6) is 0 Å². The summed E-state index contributed by atoms with van der Waals surface area (Å²) in [6.45, 7) is 6.02. The molecule has 0 aliphatic carbocycles. The fourth-order valence-electron chi connectivity index (χ4n) is 3.70. The average molecular weight is 465 g/mol. The Morgan fingerprint density at radius 2 is 1.63 bits per heavy atom. The van der Waals surface area contributed by atoms with Gasteiger partial charge >= 0.3 is 0 Å². The van der Waals surface area contributed by atoms with E-state index in [0.29, 0.717) is 12.4 Å². The summed E-state index contributed by atoms with van der Waals surface area (Å²) in [6, 6.07) is 25.6. The molecule has 0 radical (unpaired) electrons. The van der Waals surface area contributed by atoms with E-state index in [1.165, 1.54) is 6.92 Å². The van der Waals surface area contributed by atoms with Crippen LogP contribution in [0.25, 0.3) is 28.0 Å². The molecule has 0 bridgehead atoms. The maximum atomic E-state index is 11.3. The molecule has 7 heteroatoms. The number of anilines is 2. The van der Waals surface area contributed by atoms with Crippen LogP contribution in [0.3, 0.4) is 0 Å². The molecule has 3 heterocycles. The van der Waals surface area contributed by atoms with Crippen molar-refractivity contribution >= 4 is 22.9 Å². The van der Waals surface area contributed by atoms with Crippen molar-refractivity contribution in [3.8, 4) is 22.5 Å². The Kier molecular flexibility index (Phi) is 7.47. The van der Waals surface area contributed by atoms with E-state index < -0.39 is 0 Å². The van der Waals surface area contributed by atoms with Gasteiger partial charge in [-0.25, -0.2) is 9.50 Å². The van der Waals surface area contributed by atoms with Gasteiger partial charge in [-0.1, -0.05) is 50.2 Å². The number of carbonyl (C=O) groups excluding carboxylic acids is 1. The Morgan fingerprint density at radius 3 is 2.31 bits per heavy atom. The van der Waals surface area contributed by atoms with Crippen molar-refractivity contribution in [1.29, 1.82) is 0 Å². The van der Waals surface area contributed by atoms with Crippen molar-refractivity contribution in [2.75, 3.05) is 10.6 Å². The summed E-state index contributed by atoms with van der Waals surface area (Å²) in [5.41, 5.74) is 5.54. The average Bonchev–Trinajstić information content (AvgIpc) is 3.34. The van der Waals surface area contributed by atoms with Crippen LogP contribution in [0.2, 0.25) is 0 Å². The first kappa shape index (κ1) is 23.6. The van der Waals surface area contributed by atoms with Crippen LogP contribution in [-0.4, -0.2) is 25.5 Å². The van der Waals surface area contributed by atoms with Gasteiger partial charge in [0.2, 0.25) is 5.91 Å². The maximum Gasteiger partial charge on any atom is 0.221 e. The minimum Gasteiger partial charge on any atom is -0.363 e. The van der Waals surface area contributed by atoms with Crippen LogP contribution in [-0.2, 0) is 11.3 Å². The fourth-order valence-corrected chi connectivity index (χ4v) is 3.70. The standard InChI is InChI=1S/C26H22N6O.C2H6/c1-18(33)29-21-12-10-20(11-13-21)25-30-26(28-17-22-9-5-6-15-27-22)24-23(14-16-32(24)31-25)19-7-3-2-4-8-19;1-2/h2-16H,17H2,1H3,(H,29,33)(H,28,30,31);1-2H3. The minimum atomic E-state index is -0.109. The summed E-state index contributed by atoms with van der Waals surface area (Å²) in [5, 5.41) is 11.0. The van der Waals surface area contributed by atoms with E-state index in [9.17, 15) is 4.79 Å². The Balaban J connectivity index is 0.00000141. The first-order valence-electron chi connectivity index (χ1n) is 11.6. The summed E-state index contributed by atoms with van der Waals surface area (Å²) in [5.74, 6) is 1.19. The maximum absolute atomic E-state index is 11.3. The second-order valence-corrected chi connectivity index (χ2v) is 7.61. The molecule has 3 aromatic heterocycles. The number of rotatable bonds is 6. The molecule has 0 aliphatic rings. The van der Waals surface area contributed by atoms with Crippen LogP contribution >= 0.6 is 0 Å². The molecule has 0 spiro atoms. The van der Waals surface area contributed by atoms with E-state index in [1.807, 2.05) is 85.2 Å². The highest BCUT2D eigenvalue weighted by Crippen LogP contribution is 2.31. The third-order valence-corrected chi connectivity index (χ3v) is 5.22. The molecular formula is C28H28N6O. The van der Waals surface area contributed by atoms with Gasteiger partial charge in [0, 0.05) is 36.1 Å². The quantitative estimate of drug-likeness (QED) is 0.319. The molecule has 0 saturated carbocycles. The number of carbonyl (C=O) groups is 1. The van der Waals surface area contributed by atoms with Gasteiger partial charge in [0.15, 0.2) is 11.6 Å². The molecule has 35 heavy (non-hydrogen) atoms. The zero-order chi connectivity index (χ0) is 24.6. The lowest BCUT2D eigenvalue weighted by atomic mass is 10.1. The summed E-state index contributed by atoms with van der Waals surface area (Å²) < 4.78 is 1.85. The molecule has 0 fully saturated rings. The molecule has 0 saturated heterocycles. The van der Waals surface area contributed by atoms with Gasteiger partial charge in [0.05, 0.1) is 12.2 Å². The third-order valence-electron chi connectivity index (χ3n) is 5.22. The number of pyridine rings is 1. The molecule has 2 aromatic carbocycles. The van der Waals surface area contributed by atoms with E-state index >= 15 is 0 Å². The Bertz CT molecular complexity index is 1400. The summed E-state index contributed by atoms with van der Waals surface area (Å²) in [6.07, 6.45) is 3.72. The van der Waals surface area contributed by atoms with Crippen LogP contribution in [0.1, 0.15) is 26.5 Å². The second-order valence-electron chi connectivity index (χ2n) is 7.61. The van der Waals surface area contributed by atoms with Gasteiger partial charge in [-0.15, -0.1) is 5.10 Å². The van der Waals surface area contributed by atoms with Gasteiger partial charge in [-0.3, -0.25) is 9.78 Å². The van der Waals surface area contributed by atoms with Crippen molar-refractivity contribution < 1.29 is 4.79 Å². The molecule has 5 aromatic rings. The number of nitrogens with zero attached hydrogens (tertiary/aromatic N) is 4. The SMILES string of the molecule is CC.CC(=O)Nc1ccc(-c2nc(NCc3ccccn3)c3c(-c4ccccc4)ccn3n2)cc1. The van der Waals surface area contributed by atoms with E-state index in [-0.39, 0.29) is 5.91 Å². The van der Waals surface area contributed by atoms with Crippen LogP contribution in [0.4, 0.5) is 11.5 Å². The minimum absolute atomic E-state index is 0.109. The van der Waals surface area contributed by atoms with E-state index in [4.69, 9.17) is 10.1 Å². The van der Waals surface area contributed by atoms with Crippen molar-refractivity contribution in [2.45, 2.75) is 27.3 Å². The third kappa shape index (κ3) is 5.52. The normalized spacial score (nSPS) is 10.4. The topological polar surface area (TPSA) is 84.2 Å². The predicted molar refractivity (Wildman–Crippen MR) is 141 cm³/mol. The fraction of sp³-hybridized carbons (Fsp3) is 0.143. The molecule has 1 amide bonds.